The summed E-state index contributed by atoms with van der Waals surface area (Å²) in [6.45, 7) is 10.7. The topological polar surface area (TPSA) is 42.7 Å². The highest BCUT2D eigenvalue weighted by molar-refractivity contribution is 4.91. The van der Waals surface area contributed by atoms with Crippen molar-refractivity contribution in [1.82, 2.24) is 20.1 Å². The van der Waals surface area contributed by atoms with Gasteiger partial charge in [-0.15, -0.1) is 0 Å². The Kier molecular flexibility index (Phi) is 5.46. The fraction of sp³-hybridized carbons (Fsp3) is 0.833. The van der Waals surface area contributed by atoms with Gasteiger partial charge in [0, 0.05) is 19.0 Å². The summed E-state index contributed by atoms with van der Waals surface area (Å²) in [4.78, 5) is 4.34. The molecule has 0 aliphatic carbocycles. The van der Waals surface area contributed by atoms with Crippen LogP contribution in [0.15, 0.2) is 6.33 Å². The molecule has 1 aromatic heterocycles. The fourth-order valence-electron chi connectivity index (χ4n) is 1.93. The van der Waals surface area contributed by atoms with E-state index in [1.165, 1.54) is 6.42 Å². The second-order valence-corrected chi connectivity index (χ2v) is 4.25. The van der Waals surface area contributed by atoms with Gasteiger partial charge in [0.15, 0.2) is 0 Å². The van der Waals surface area contributed by atoms with Crippen LogP contribution in [0.4, 0.5) is 0 Å². The van der Waals surface area contributed by atoms with E-state index in [9.17, 15) is 0 Å². The lowest BCUT2D eigenvalue weighted by Gasteiger charge is -2.23. The molecule has 0 saturated heterocycles. The lowest BCUT2D eigenvalue weighted by atomic mass is 9.96. The summed E-state index contributed by atoms with van der Waals surface area (Å²) in [5.41, 5.74) is 0. The van der Waals surface area contributed by atoms with E-state index in [-0.39, 0.29) is 0 Å². The van der Waals surface area contributed by atoms with Crippen molar-refractivity contribution in [2.24, 2.45) is 5.92 Å². The van der Waals surface area contributed by atoms with Gasteiger partial charge in [-0.25, -0.2) is 4.98 Å². The Morgan fingerprint density at radius 1 is 1.38 bits per heavy atom. The minimum absolute atomic E-state index is 0.504. The highest BCUT2D eigenvalue weighted by Gasteiger charge is 2.17. The van der Waals surface area contributed by atoms with E-state index in [4.69, 9.17) is 0 Å². The van der Waals surface area contributed by atoms with E-state index in [1.54, 1.807) is 6.33 Å². The number of likely N-dealkylation sites (N-methyl/N-ethyl adjacent to an activating group) is 1. The maximum absolute atomic E-state index is 4.34. The molecule has 1 rings (SSSR count). The van der Waals surface area contributed by atoms with Crippen molar-refractivity contribution in [1.29, 1.82) is 0 Å². The van der Waals surface area contributed by atoms with E-state index in [2.05, 4.69) is 43.1 Å². The van der Waals surface area contributed by atoms with Crippen molar-refractivity contribution >= 4 is 0 Å². The van der Waals surface area contributed by atoms with Gasteiger partial charge in [0.2, 0.25) is 0 Å². The zero-order valence-corrected chi connectivity index (χ0v) is 10.9. The maximum atomic E-state index is 4.34. The number of hydrogen-bond donors (Lipinski definition) is 1. The first-order valence-electron chi connectivity index (χ1n) is 6.32. The molecule has 92 valence electrons. The molecule has 1 aromatic rings. The van der Waals surface area contributed by atoms with Crippen molar-refractivity contribution in [3.63, 3.8) is 0 Å². The molecule has 0 aliphatic heterocycles. The Labute approximate surface area is 98.5 Å². The molecule has 2 atom stereocenters. The molecule has 4 nitrogen and oxygen atoms in total. The normalized spacial score (nSPS) is 15.0. The summed E-state index contributed by atoms with van der Waals surface area (Å²) in [6.07, 6.45) is 3.81. The molecule has 2 unspecified atom stereocenters. The van der Waals surface area contributed by atoms with Gasteiger partial charge in [-0.05, 0) is 19.4 Å². The van der Waals surface area contributed by atoms with Gasteiger partial charge < -0.3 is 5.32 Å². The number of nitrogens with zero attached hydrogens (tertiary/aromatic N) is 3. The molecule has 0 spiro atoms. The monoisotopic (exact) mass is 224 g/mol. The smallest absolute Gasteiger partial charge is 0.138 e. The number of aromatic nitrogens is 3. The van der Waals surface area contributed by atoms with E-state index in [0.29, 0.717) is 12.0 Å². The molecule has 0 fully saturated rings. The van der Waals surface area contributed by atoms with Gasteiger partial charge in [-0.2, -0.15) is 5.10 Å². The SMILES string of the molecule is CCNC(Cc1ncnn1CC)C(C)CC. The second-order valence-electron chi connectivity index (χ2n) is 4.25. The van der Waals surface area contributed by atoms with Crippen LogP contribution in [0.1, 0.15) is 39.9 Å². The first kappa shape index (κ1) is 13.2. The van der Waals surface area contributed by atoms with E-state index < -0.39 is 0 Å². The van der Waals surface area contributed by atoms with Crippen LogP contribution in [-0.4, -0.2) is 27.4 Å². The molecule has 0 radical (unpaired) electrons. The van der Waals surface area contributed by atoms with Crippen LogP contribution in [0.3, 0.4) is 0 Å². The molecule has 1 heterocycles. The van der Waals surface area contributed by atoms with Crippen molar-refractivity contribution < 1.29 is 0 Å². The third-order valence-electron chi connectivity index (χ3n) is 3.19. The third kappa shape index (κ3) is 3.30. The number of hydrogen-bond acceptors (Lipinski definition) is 3. The molecule has 0 aliphatic rings. The second kappa shape index (κ2) is 6.63. The quantitative estimate of drug-likeness (QED) is 0.769. The number of rotatable bonds is 7. The Balaban J connectivity index is 2.67. The van der Waals surface area contributed by atoms with Gasteiger partial charge >= 0.3 is 0 Å². The first-order valence-corrected chi connectivity index (χ1v) is 6.32. The zero-order chi connectivity index (χ0) is 12.0. The molecule has 1 N–H and O–H groups in total. The Hall–Kier alpha value is -0.900. The van der Waals surface area contributed by atoms with Crippen molar-refractivity contribution in [3.8, 4) is 0 Å². The summed E-state index contributed by atoms with van der Waals surface area (Å²) >= 11 is 0. The van der Waals surface area contributed by atoms with Gasteiger partial charge in [-0.3, -0.25) is 4.68 Å². The molecule has 0 aromatic carbocycles. The molecule has 0 saturated carbocycles. The summed E-state index contributed by atoms with van der Waals surface area (Å²) in [6, 6.07) is 0.504. The number of nitrogens with one attached hydrogen (secondary N) is 1. The lowest BCUT2D eigenvalue weighted by Crippen LogP contribution is -2.37. The van der Waals surface area contributed by atoms with Gasteiger partial charge in [0.05, 0.1) is 0 Å². The predicted molar refractivity (Wildman–Crippen MR) is 66.3 cm³/mol. The minimum Gasteiger partial charge on any atom is -0.314 e. The van der Waals surface area contributed by atoms with Gasteiger partial charge in [0.25, 0.3) is 0 Å². The van der Waals surface area contributed by atoms with E-state index >= 15 is 0 Å². The maximum Gasteiger partial charge on any atom is 0.138 e. The molecule has 4 heteroatoms. The van der Waals surface area contributed by atoms with Crippen LogP contribution in [0.2, 0.25) is 0 Å². The highest BCUT2D eigenvalue weighted by atomic mass is 15.3. The largest absolute Gasteiger partial charge is 0.314 e. The summed E-state index contributed by atoms with van der Waals surface area (Å²) < 4.78 is 1.98. The Bertz CT molecular complexity index is 295. The van der Waals surface area contributed by atoms with Crippen LogP contribution in [0, 0.1) is 5.92 Å². The average molecular weight is 224 g/mol. The standard InChI is InChI=1S/C12H24N4/c1-5-10(4)11(13-6-2)8-12-14-9-15-16(12)7-3/h9-11,13H,5-8H2,1-4H3. The zero-order valence-electron chi connectivity index (χ0n) is 10.9. The van der Waals surface area contributed by atoms with Crippen molar-refractivity contribution in [2.45, 2.75) is 53.1 Å². The van der Waals surface area contributed by atoms with Crippen LogP contribution >= 0.6 is 0 Å². The third-order valence-corrected chi connectivity index (χ3v) is 3.19. The Morgan fingerprint density at radius 3 is 2.69 bits per heavy atom. The average Bonchev–Trinajstić information content (AvgIpc) is 2.74. The van der Waals surface area contributed by atoms with E-state index in [0.717, 1.165) is 25.3 Å². The first-order chi connectivity index (χ1) is 7.72. The lowest BCUT2D eigenvalue weighted by molar-refractivity contribution is 0.360. The summed E-state index contributed by atoms with van der Waals surface area (Å²) in [7, 11) is 0. The van der Waals surface area contributed by atoms with Crippen LogP contribution in [0.5, 0.6) is 0 Å². The molecule has 0 bridgehead atoms. The molecule has 16 heavy (non-hydrogen) atoms. The molecule has 0 amide bonds. The van der Waals surface area contributed by atoms with E-state index in [1.807, 2.05) is 4.68 Å². The van der Waals surface area contributed by atoms with Crippen LogP contribution in [0.25, 0.3) is 0 Å². The predicted octanol–water partition coefficient (Wildman–Crippen LogP) is 1.86. The van der Waals surface area contributed by atoms with Gasteiger partial charge in [-0.1, -0.05) is 27.2 Å². The van der Waals surface area contributed by atoms with Crippen LogP contribution < -0.4 is 5.32 Å². The van der Waals surface area contributed by atoms with Crippen LogP contribution in [-0.2, 0) is 13.0 Å². The van der Waals surface area contributed by atoms with Crippen molar-refractivity contribution in [3.05, 3.63) is 12.2 Å². The number of aryl methyl sites for hydroxylation is 1. The van der Waals surface area contributed by atoms with Crippen molar-refractivity contribution in [2.75, 3.05) is 6.54 Å². The van der Waals surface area contributed by atoms with Gasteiger partial charge in [0.1, 0.15) is 12.2 Å². The molecular formula is C12H24N4. The summed E-state index contributed by atoms with van der Waals surface area (Å²) in [5, 5.41) is 7.75. The molecular weight excluding hydrogens is 200 g/mol. The summed E-state index contributed by atoms with van der Waals surface area (Å²) in [5.74, 6) is 1.76. The fourth-order valence-corrected chi connectivity index (χ4v) is 1.93. The Morgan fingerprint density at radius 2 is 2.12 bits per heavy atom. The highest BCUT2D eigenvalue weighted by Crippen LogP contribution is 2.12. The minimum atomic E-state index is 0.504.